The summed E-state index contributed by atoms with van der Waals surface area (Å²) in [6, 6.07) is 5.39. The summed E-state index contributed by atoms with van der Waals surface area (Å²) in [5.41, 5.74) is 1.41. The van der Waals surface area contributed by atoms with Crippen LogP contribution in [0.5, 0.6) is 5.75 Å². The quantitative estimate of drug-likeness (QED) is 0.642. The number of nitrogens with zero attached hydrogens (tertiary/aromatic N) is 1. The first-order chi connectivity index (χ1) is 10.1. The lowest BCUT2D eigenvalue weighted by Crippen LogP contribution is -2.28. The van der Waals surface area contributed by atoms with Crippen molar-refractivity contribution in [2.45, 2.75) is 12.5 Å². The molecule has 1 aliphatic heterocycles. The molecule has 0 saturated carbocycles. The summed E-state index contributed by atoms with van der Waals surface area (Å²) in [7, 11) is 4.06. The van der Waals surface area contributed by atoms with Crippen LogP contribution >= 0.6 is 0 Å². The summed E-state index contributed by atoms with van der Waals surface area (Å²) >= 11 is 0. The molecule has 1 heterocycles. The number of nitrogens with one attached hydrogen (secondary N) is 2. The summed E-state index contributed by atoms with van der Waals surface area (Å²) in [5, 5.41) is 16.2. The molecule has 0 bridgehead atoms. The smallest absolute Gasteiger partial charge is 0.262 e. The van der Waals surface area contributed by atoms with Gasteiger partial charge < -0.3 is 25.4 Å². The van der Waals surface area contributed by atoms with Crippen molar-refractivity contribution in [3.8, 4) is 5.75 Å². The van der Waals surface area contributed by atoms with E-state index in [1.54, 1.807) is 12.1 Å². The van der Waals surface area contributed by atoms with E-state index in [1.165, 1.54) is 0 Å². The fraction of sp³-hybridized carbons (Fsp3) is 0.533. The molecule has 116 valence electrons. The van der Waals surface area contributed by atoms with Gasteiger partial charge in [-0.25, -0.2) is 0 Å². The van der Waals surface area contributed by atoms with Crippen LogP contribution in [-0.4, -0.2) is 56.3 Å². The van der Waals surface area contributed by atoms with Crippen LogP contribution in [0.15, 0.2) is 18.2 Å². The molecule has 1 atom stereocenters. The van der Waals surface area contributed by atoms with Crippen molar-refractivity contribution in [2.75, 3.05) is 45.7 Å². The van der Waals surface area contributed by atoms with Gasteiger partial charge in [-0.15, -0.1) is 0 Å². The van der Waals surface area contributed by atoms with E-state index >= 15 is 0 Å². The Morgan fingerprint density at radius 1 is 1.43 bits per heavy atom. The largest absolute Gasteiger partial charge is 0.482 e. The van der Waals surface area contributed by atoms with Gasteiger partial charge in [0.05, 0.1) is 11.8 Å². The molecule has 1 aromatic rings. The Labute approximate surface area is 125 Å². The molecule has 0 aliphatic carbocycles. The fourth-order valence-electron chi connectivity index (χ4n) is 2.14. The van der Waals surface area contributed by atoms with Crippen molar-refractivity contribution in [3.05, 3.63) is 23.8 Å². The number of carbonyl (C=O) groups is 1. The Bertz CT molecular complexity index is 491. The van der Waals surface area contributed by atoms with Gasteiger partial charge in [-0.1, -0.05) is 6.07 Å². The Morgan fingerprint density at radius 3 is 3.00 bits per heavy atom. The second-order valence-corrected chi connectivity index (χ2v) is 5.45. The van der Waals surface area contributed by atoms with Crippen molar-refractivity contribution in [2.24, 2.45) is 0 Å². The fourth-order valence-corrected chi connectivity index (χ4v) is 2.14. The predicted molar refractivity (Wildman–Crippen MR) is 81.6 cm³/mol. The Morgan fingerprint density at radius 2 is 2.24 bits per heavy atom. The molecule has 0 aromatic heterocycles. The van der Waals surface area contributed by atoms with E-state index in [0.29, 0.717) is 17.9 Å². The van der Waals surface area contributed by atoms with Gasteiger partial charge in [0.25, 0.3) is 5.91 Å². The maximum absolute atomic E-state index is 11.3. The third-order valence-corrected chi connectivity index (χ3v) is 3.35. The van der Waals surface area contributed by atoms with Gasteiger partial charge in [-0.2, -0.15) is 0 Å². The summed E-state index contributed by atoms with van der Waals surface area (Å²) < 4.78 is 5.30. The van der Waals surface area contributed by atoms with E-state index in [2.05, 4.69) is 15.5 Å². The number of aliphatic hydroxyl groups excluding tert-OH is 1. The number of hydrogen-bond acceptors (Lipinski definition) is 5. The maximum Gasteiger partial charge on any atom is 0.262 e. The lowest BCUT2D eigenvalue weighted by Gasteiger charge is -2.20. The van der Waals surface area contributed by atoms with E-state index in [0.717, 1.165) is 25.2 Å². The number of amides is 1. The SMILES string of the molecule is CN(C)CCNCCC(O)c1ccc2c(c1)NC(=O)CO2. The van der Waals surface area contributed by atoms with Gasteiger partial charge in [0, 0.05) is 13.1 Å². The van der Waals surface area contributed by atoms with Crippen LogP contribution in [0.3, 0.4) is 0 Å². The van der Waals surface area contributed by atoms with Crippen molar-refractivity contribution in [1.82, 2.24) is 10.2 Å². The molecule has 0 radical (unpaired) electrons. The zero-order valence-electron chi connectivity index (χ0n) is 12.6. The van der Waals surface area contributed by atoms with Gasteiger partial charge >= 0.3 is 0 Å². The summed E-state index contributed by atoms with van der Waals surface area (Å²) in [5.74, 6) is 0.481. The maximum atomic E-state index is 11.3. The Kier molecular flexibility index (Phi) is 5.55. The van der Waals surface area contributed by atoms with Gasteiger partial charge in [-0.05, 0) is 44.8 Å². The van der Waals surface area contributed by atoms with E-state index in [4.69, 9.17) is 4.74 Å². The highest BCUT2D eigenvalue weighted by Gasteiger charge is 2.17. The van der Waals surface area contributed by atoms with Crippen LogP contribution in [0, 0.1) is 0 Å². The van der Waals surface area contributed by atoms with Crippen molar-refractivity contribution in [1.29, 1.82) is 0 Å². The number of aliphatic hydroxyl groups is 1. The van der Waals surface area contributed by atoms with Gasteiger partial charge in [-0.3, -0.25) is 4.79 Å². The first-order valence-corrected chi connectivity index (χ1v) is 7.16. The van der Waals surface area contributed by atoms with E-state index in [9.17, 15) is 9.90 Å². The predicted octanol–water partition coefficient (Wildman–Crippen LogP) is 0.592. The zero-order valence-corrected chi connectivity index (χ0v) is 12.6. The molecule has 0 fully saturated rings. The Hall–Kier alpha value is -1.63. The van der Waals surface area contributed by atoms with E-state index in [1.807, 2.05) is 20.2 Å². The average molecular weight is 293 g/mol. The summed E-state index contributed by atoms with van der Waals surface area (Å²) in [4.78, 5) is 13.4. The molecular formula is C15H23N3O3. The second-order valence-electron chi connectivity index (χ2n) is 5.45. The standard InChI is InChI=1S/C15H23N3O3/c1-18(2)8-7-16-6-5-13(19)11-3-4-14-12(9-11)17-15(20)10-21-14/h3-4,9,13,16,19H,5-8,10H2,1-2H3,(H,17,20). The van der Waals surface area contributed by atoms with Crippen LogP contribution in [0.4, 0.5) is 5.69 Å². The monoisotopic (exact) mass is 293 g/mol. The molecule has 1 aromatic carbocycles. The van der Waals surface area contributed by atoms with Crippen LogP contribution in [-0.2, 0) is 4.79 Å². The molecule has 1 amide bonds. The van der Waals surface area contributed by atoms with E-state index in [-0.39, 0.29) is 12.5 Å². The van der Waals surface area contributed by atoms with Gasteiger partial charge in [0.15, 0.2) is 6.61 Å². The minimum absolute atomic E-state index is 0.0463. The number of carbonyl (C=O) groups excluding carboxylic acids is 1. The zero-order chi connectivity index (χ0) is 15.2. The number of hydrogen-bond donors (Lipinski definition) is 3. The van der Waals surface area contributed by atoms with Crippen molar-refractivity contribution < 1.29 is 14.6 Å². The highest BCUT2D eigenvalue weighted by molar-refractivity contribution is 5.95. The second kappa shape index (κ2) is 7.40. The first-order valence-electron chi connectivity index (χ1n) is 7.16. The normalized spacial score (nSPS) is 15.3. The Balaban J connectivity index is 1.84. The topological polar surface area (TPSA) is 73.8 Å². The third-order valence-electron chi connectivity index (χ3n) is 3.35. The first kappa shape index (κ1) is 15.8. The van der Waals surface area contributed by atoms with Gasteiger partial charge in [0.2, 0.25) is 0 Å². The molecule has 1 aliphatic rings. The lowest BCUT2D eigenvalue weighted by molar-refractivity contribution is -0.118. The molecule has 0 spiro atoms. The highest BCUT2D eigenvalue weighted by Crippen LogP contribution is 2.31. The molecular weight excluding hydrogens is 270 g/mol. The van der Waals surface area contributed by atoms with Crippen LogP contribution in [0.1, 0.15) is 18.1 Å². The van der Waals surface area contributed by atoms with Crippen molar-refractivity contribution >= 4 is 11.6 Å². The average Bonchev–Trinajstić information content (AvgIpc) is 2.45. The van der Waals surface area contributed by atoms with Crippen LogP contribution < -0.4 is 15.4 Å². The molecule has 3 N–H and O–H groups in total. The minimum atomic E-state index is -0.555. The summed E-state index contributed by atoms with van der Waals surface area (Å²) in [6.07, 6.45) is 0.0714. The highest BCUT2D eigenvalue weighted by atomic mass is 16.5. The van der Waals surface area contributed by atoms with Crippen molar-refractivity contribution in [3.63, 3.8) is 0 Å². The van der Waals surface area contributed by atoms with Crippen LogP contribution in [0.2, 0.25) is 0 Å². The number of benzene rings is 1. The molecule has 1 unspecified atom stereocenters. The number of fused-ring (bicyclic) bond motifs is 1. The molecule has 6 nitrogen and oxygen atoms in total. The molecule has 6 heteroatoms. The molecule has 0 saturated heterocycles. The number of likely N-dealkylation sites (N-methyl/N-ethyl adjacent to an activating group) is 1. The third kappa shape index (κ3) is 4.70. The van der Waals surface area contributed by atoms with Crippen LogP contribution in [0.25, 0.3) is 0 Å². The van der Waals surface area contributed by atoms with E-state index < -0.39 is 6.10 Å². The number of rotatable bonds is 7. The van der Waals surface area contributed by atoms with Gasteiger partial charge in [0.1, 0.15) is 5.75 Å². The molecule has 21 heavy (non-hydrogen) atoms. The molecule has 2 rings (SSSR count). The minimum Gasteiger partial charge on any atom is -0.482 e. The summed E-state index contributed by atoms with van der Waals surface area (Å²) in [6.45, 7) is 2.66. The number of anilines is 1. The lowest BCUT2D eigenvalue weighted by atomic mass is 10.0. The number of ether oxygens (including phenoxy) is 1.